The monoisotopic (exact) mass is 709 g/mol. The number of benzene rings is 4. The number of aliphatic hydroxyl groups excluding tert-OH is 1. The summed E-state index contributed by atoms with van der Waals surface area (Å²) in [5.41, 5.74) is 3.32. The minimum atomic E-state index is -0.965. The first-order chi connectivity index (χ1) is 21.2. The van der Waals surface area contributed by atoms with Crippen LogP contribution in [0, 0.1) is 14.1 Å². The van der Waals surface area contributed by atoms with Gasteiger partial charge in [-0.2, -0.15) is 0 Å². The summed E-state index contributed by atoms with van der Waals surface area (Å²) in [4.78, 5) is 12.2. The van der Waals surface area contributed by atoms with Gasteiger partial charge in [-0.1, -0.05) is 38.1 Å². The third-order valence-corrected chi connectivity index (χ3v) is 9.95. The number of carbonyl (C=O) groups excluding carboxylic acids is 1. The summed E-state index contributed by atoms with van der Waals surface area (Å²) in [5, 5.41) is 10.3. The molecule has 1 heterocycles. The summed E-state index contributed by atoms with van der Waals surface area (Å²) < 4.78 is 30.0. The molecule has 1 aliphatic heterocycles. The first-order valence-corrected chi connectivity index (χ1v) is 16.8. The van der Waals surface area contributed by atoms with Crippen molar-refractivity contribution in [2.24, 2.45) is 0 Å². The molecule has 0 amide bonds. The zero-order chi connectivity index (χ0) is 30.9. The van der Waals surface area contributed by atoms with Crippen LogP contribution in [-0.4, -0.2) is 56.3 Å². The molecule has 1 aliphatic rings. The Morgan fingerprint density at radius 2 is 1.30 bits per heavy atom. The van der Waals surface area contributed by atoms with Gasteiger partial charge in [0.1, 0.15) is 24.2 Å². The third-order valence-electron chi connectivity index (χ3n) is 7.27. The second-order valence-electron chi connectivity index (χ2n) is 11.2. The Kier molecular flexibility index (Phi) is 10.8. The van der Waals surface area contributed by atoms with Crippen LogP contribution in [0.25, 0.3) is 0 Å². The van der Waals surface area contributed by atoms with Gasteiger partial charge in [-0.25, -0.2) is 0 Å². The van der Waals surface area contributed by atoms with E-state index in [-0.39, 0.29) is 52.5 Å². The van der Waals surface area contributed by atoms with Gasteiger partial charge in [0.05, 0.1) is 6.61 Å². The van der Waals surface area contributed by atoms with Crippen LogP contribution >= 0.6 is 0 Å². The Bertz CT molecular complexity index is 1480. The summed E-state index contributed by atoms with van der Waals surface area (Å²) in [6.07, 6.45) is -0.736. The number of epoxide rings is 1. The number of hydrogen-bond donors (Lipinski definition) is 1. The number of halogens is 1. The van der Waals surface area contributed by atoms with Gasteiger partial charge in [-0.05, 0) is 35.4 Å². The molecule has 1 N–H and O–H groups in total. The van der Waals surface area contributed by atoms with Crippen molar-refractivity contribution in [3.05, 3.63) is 121 Å². The maximum atomic E-state index is 12.2. The van der Waals surface area contributed by atoms with Gasteiger partial charge in [-0.15, -0.1) is 0 Å². The molecule has 5 rings (SSSR count). The molecule has 232 valence electrons. The molecule has 0 radical (unpaired) electrons. The molecule has 0 saturated carbocycles. The van der Waals surface area contributed by atoms with Crippen LogP contribution in [0.1, 0.15) is 30.5 Å². The first-order valence-electron chi connectivity index (χ1n) is 14.6. The van der Waals surface area contributed by atoms with Crippen molar-refractivity contribution in [2.45, 2.75) is 38.4 Å². The summed E-state index contributed by atoms with van der Waals surface area (Å²) in [6.45, 7) is 7.36. The molecule has 1 saturated heterocycles. The van der Waals surface area contributed by atoms with Gasteiger partial charge in [0, 0.05) is 5.41 Å². The first kappa shape index (κ1) is 31.8. The molecule has 0 spiro atoms. The fraction of sp³-hybridized carbons (Fsp3) is 0.306. The van der Waals surface area contributed by atoms with Crippen LogP contribution in [0.2, 0.25) is 0 Å². The average molecular weight is 710 g/mol. The van der Waals surface area contributed by atoms with Crippen LogP contribution in [0.5, 0.6) is 17.2 Å². The second kappa shape index (κ2) is 14.9. The third kappa shape index (κ3) is 9.45. The Morgan fingerprint density at radius 1 is 0.795 bits per heavy atom. The van der Waals surface area contributed by atoms with Crippen LogP contribution in [-0.2, 0) is 19.7 Å². The molecular weight excluding hydrogens is 671 g/mol. The molecule has 2 unspecified atom stereocenters. The summed E-state index contributed by atoms with van der Waals surface area (Å²) in [7, 11) is 0. The van der Waals surface area contributed by atoms with Crippen molar-refractivity contribution in [2.75, 3.05) is 33.0 Å². The second-order valence-corrected chi connectivity index (χ2v) is 14.3. The molecule has 44 heavy (non-hydrogen) atoms. The number of esters is 1. The van der Waals surface area contributed by atoms with E-state index in [2.05, 4.69) is 57.2 Å². The summed E-state index contributed by atoms with van der Waals surface area (Å²) in [6, 6.07) is 32.3. The van der Waals surface area contributed by atoms with Crippen molar-refractivity contribution in [3.8, 4) is 17.2 Å². The number of aryl methyl sites for hydroxylation is 1. The van der Waals surface area contributed by atoms with Crippen LogP contribution < -0.4 is 35.4 Å². The molecule has 0 aromatic heterocycles. The van der Waals surface area contributed by atoms with E-state index in [1.807, 2.05) is 60.7 Å². The Hall–Kier alpha value is -3.60. The molecule has 0 aliphatic carbocycles. The number of rotatable bonds is 15. The molecule has 4 aromatic rings. The number of hydrogen-bond acceptors (Lipinski definition) is 7. The predicted octanol–water partition coefficient (Wildman–Crippen LogP) is 2.59. The van der Waals surface area contributed by atoms with E-state index in [4.69, 9.17) is 23.7 Å². The van der Waals surface area contributed by atoms with Gasteiger partial charge < -0.3 is 9.47 Å². The van der Waals surface area contributed by atoms with E-state index < -0.39 is 12.1 Å². The van der Waals surface area contributed by atoms with E-state index in [0.717, 1.165) is 17.9 Å². The van der Waals surface area contributed by atoms with Crippen LogP contribution in [0.4, 0.5) is 0 Å². The Labute approximate surface area is 269 Å². The quantitative estimate of drug-likeness (QED) is 0.116. The Balaban J connectivity index is 1.00. The maximum absolute atomic E-state index is 12.2. The zero-order valence-electron chi connectivity index (χ0n) is 25.2. The van der Waals surface area contributed by atoms with E-state index in [1.165, 1.54) is 18.3 Å². The van der Waals surface area contributed by atoms with Crippen molar-refractivity contribution in [1.82, 2.24) is 0 Å². The molecule has 0 bridgehead atoms. The average Bonchev–Trinajstić information content (AvgIpc) is 3.88. The van der Waals surface area contributed by atoms with Gasteiger partial charge in [0.15, 0.2) is 0 Å². The molecular formula is C36H38IO7-. The molecule has 1 fully saturated rings. The normalized spacial score (nSPS) is 15.0. The number of carbonyl (C=O) groups is 1. The van der Waals surface area contributed by atoms with Gasteiger partial charge >= 0.3 is 151 Å². The predicted molar refractivity (Wildman–Crippen MR) is 163 cm³/mol. The summed E-state index contributed by atoms with van der Waals surface area (Å²) >= 11 is -0.268. The fourth-order valence-corrected chi connectivity index (χ4v) is 6.54. The van der Waals surface area contributed by atoms with Crippen LogP contribution in [0.3, 0.4) is 0 Å². The fourth-order valence-electron chi connectivity index (χ4n) is 4.39. The molecule has 7 nitrogen and oxygen atoms in total. The van der Waals surface area contributed by atoms with E-state index >= 15 is 0 Å². The van der Waals surface area contributed by atoms with E-state index in [0.29, 0.717) is 18.1 Å². The van der Waals surface area contributed by atoms with Crippen molar-refractivity contribution in [1.29, 1.82) is 0 Å². The topological polar surface area (TPSA) is 86.8 Å². The SMILES string of the molecule is Cc1ccc([I-]c2ccc(OCC(=O)OCC(O)COc3ccc(C(C)(C)c4ccc(OCC5CO5)cc4)cc3)cc2)cc1. The summed E-state index contributed by atoms with van der Waals surface area (Å²) in [5.74, 6) is 1.50. The minimum absolute atomic E-state index is 0.00421. The zero-order valence-corrected chi connectivity index (χ0v) is 27.4. The number of ether oxygens (including phenoxy) is 5. The van der Waals surface area contributed by atoms with Gasteiger partial charge in [0.2, 0.25) is 0 Å². The Morgan fingerprint density at radius 3 is 1.86 bits per heavy atom. The van der Waals surface area contributed by atoms with E-state index in [1.54, 1.807) is 0 Å². The van der Waals surface area contributed by atoms with E-state index in [9.17, 15) is 9.90 Å². The molecule has 2 atom stereocenters. The van der Waals surface area contributed by atoms with Crippen molar-refractivity contribution >= 4 is 5.97 Å². The standard InChI is InChI=1S/C36H38IO7/c1-25-4-10-28(11-5-25)37-29-12-18-33(19-13-29)43-24-35(39)44-21-30(38)20-40-31-14-6-26(7-15-31)36(2,3)27-8-16-32(17-9-27)41-22-34-23-42-34/h4-19,30,34,38H,20-24H2,1-3H3/q-1. The number of aliphatic hydroxyl groups is 1. The molecule has 4 aromatic carbocycles. The van der Waals surface area contributed by atoms with Gasteiger partial charge in [0.25, 0.3) is 0 Å². The van der Waals surface area contributed by atoms with Crippen LogP contribution in [0.15, 0.2) is 97.1 Å². The van der Waals surface area contributed by atoms with Crippen molar-refractivity contribution < 1.29 is 54.8 Å². The van der Waals surface area contributed by atoms with Gasteiger partial charge in [-0.3, -0.25) is 0 Å². The van der Waals surface area contributed by atoms with Crippen molar-refractivity contribution in [3.63, 3.8) is 0 Å². The molecule has 8 heteroatoms.